The van der Waals surface area contributed by atoms with Crippen molar-refractivity contribution in [1.82, 2.24) is 14.9 Å². The monoisotopic (exact) mass is 519 g/mol. The molecule has 4 rings (SSSR count). The molecule has 0 bridgehead atoms. The van der Waals surface area contributed by atoms with Crippen LogP contribution in [0.2, 0.25) is 0 Å². The second-order valence-electron chi connectivity index (χ2n) is 8.68. The number of likely N-dealkylation sites (tertiary alicyclic amines) is 1. The van der Waals surface area contributed by atoms with Crippen LogP contribution in [0.25, 0.3) is 22.6 Å². The Labute approximate surface area is 209 Å². The molecule has 1 aliphatic rings. The van der Waals surface area contributed by atoms with E-state index in [0.29, 0.717) is 16.4 Å². The lowest BCUT2D eigenvalue weighted by molar-refractivity contribution is -0.147. The highest BCUT2D eigenvalue weighted by molar-refractivity contribution is 5.83. The third kappa shape index (κ3) is 4.96. The number of oxazole rings is 1. The molecule has 12 heteroatoms. The molecular formula is C25H24F3N3O6. The smallest absolute Gasteiger partial charge is 0.416 e. The molecular weight excluding hydrogens is 495 g/mol. The van der Waals surface area contributed by atoms with Gasteiger partial charge in [0.2, 0.25) is 5.89 Å². The van der Waals surface area contributed by atoms with Gasteiger partial charge in [0.15, 0.2) is 5.76 Å². The molecule has 0 atom stereocenters. The average molecular weight is 519 g/mol. The Balaban J connectivity index is 1.79. The quantitative estimate of drug-likeness (QED) is 0.364. The lowest BCUT2D eigenvalue weighted by Gasteiger charge is -2.37. The van der Waals surface area contributed by atoms with Gasteiger partial charge >= 0.3 is 18.2 Å². The van der Waals surface area contributed by atoms with E-state index in [4.69, 9.17) is 9.15 Å². The van der Waals surface area contributed by atoms with Crippen molar-refractivity contribution in [2.75, 3.05) is 27.2 Å². The minimum atomic E-state index is -4.52. The molecule has 2 heterocycles. The van der Waals surface area contributed by atoms with E-state index < -0.39 is 29.2 Å². The van der Waals surface area contributed by atoms with Crippen LogP contribution in [0.15, 0.2) is 52.9 Å². The first-order valence-corrected chi connectivity index (χ1v) is 11.2. The number of aliphatic carboxylic acids is 1. The first-order chi connectivity index (χ1) is 17.5. The Morgan fingerprint density at radius 1 is 1.05 bits per heavy atom. The van der Waals surface area contributed by atoms with Gasteiger partial charge in [-0.05, 0) is 49.2 Å². The Kier molecular flexibility index (Phi) is 6.87. The van der Waals surface area contributed by atoms with Crippen LogP contribution in [0.3, 0.4) is 0 Å². The minimum absolute atomic E-state index is 0.0197. The lowest BCUT2D eigenvalue weighted by Crippen LogP contribution is -2.51. The van der Waals surface area contributed by atoms with Crippen LogP contribution < -0.4 is 4.74 Å². The molecule has 0 spiro atoms. The average Bonchev–Trinajstić information content (AvgIpc) is 3.33. The number of hydrogen-bond donors (Lipinski definition) is 2. The van der Waals surface area contributed by atoms with Crippen molar-refractivity contribution in [3.05, 3.63) is 60.0 Å². The van der Waals surface area contributed by atoms with Crippen LogP contribution >= 0.6 is 0 Å². The van der Waals surface area contributed by atoms with Gasteiger partial charge in [0.1, 0.15) is 16.9 Å². The molecule has 1 fully saturated rings. The molecule has 0 unspecified atom stereocenters. The van der Waals surface area contributed by atoms with E-state index >= 15 is 0 Å². The maximum atomic E-state index is 13.1. The summed E-state index contributed by atoms with van der Waals surface area (Å²) >= 11 is 0. The van der Waals surface area contributed by atoms with Gasteiger partial charge in [-0.25, -0.2) is 14.8 Å². The highest BCUT2D eigenvalue weighted by atomic mass is 19.4. The van der Waals surface area contributed by atoms with Crippen molar-refractivity contribution < 1.29 is 42.2 Å². The molecule has 0 saturated carbocycles. The van der Waals surface area contributed by atoms with Gasteiger partial charge in [0.05, 0.1) is 12.7 Å². The summed E-state index contributed by atoms with van der Waals surface area (Å²) in [6, 6.07) is 10.3. The van der Waals surface area contributed by atoms with Gasteiger partial charge in [-0.2, -0.15) is 13.2 Å². The molecule has 1 aromatic heterocycles. The molecule has 0 radical (unpaired) electrons. The first kappa shape index (κ1) is 26.0. The summed E-state index contributed by atoms with van der Waals surface area (Å²) in [5.74, 6) is -0.650. The number of ether oxygens (including phenoxy) is 1. The van der Waals surface area contributed by atoms with Crippen molar-refractivity contribution in [1.29, 1.82) is 0 Å². The fourth-order valence-electron chi connectivity index (χ4n) is 4.28. The Hall–Kier alpha value is -4.06. The molecule has 2 N–H and O–H groups in total. The van der Waals surface area contributed by atoms with Crippen LogP contribution in [0, 0.1) is 0 Å². The number of carboxylic acids is 1. The number of halogens is 3. The zero-order valence-corrected chi connectivity index (χ0v) is 20.0. The van der Waals surface area contributed by atoms with E-state index in [1.807, 2.05) is 0 Å². The summed E-state index contributed by atoms with van der Waals surface area (Å²) < 4.78 is 50.5. The summed E-state index contributed by atoms with van der Waals surface area (Å²) in [5.41, 5.74) is -1.34. The third-order valence-electron chi connectivity index (χ3n) is 6.45. The number of urea groups is 1. The fraction of sp³-hybridized carbons (Fsp3) is 0.320. The molecule has 1 aliphatic heterocycles. The van der Waals surface area contributed by atoms with Crippen molar-refractivity contribution >= 4 is 12.0 Å². The van der Waals surface area contributed by atoms with Crippen LogP contribution in [0.4, 0.5) is 18.0 Å². The predicted molar refractivity (Wildman–Crippen MR) is 124 cm³/mol. The number of carbonyl (C=O) groups excluding carboxylic acids is 1. The summed E-state index contributed by atoms with van der Waals surface area (Å²) in [6.07, 6.45) is -4.61. The Morgan fingerprint density at radius 3 is 2.11 bits per heavy atom. The third-order valence-corrected chi connectivity index (χ3v) is 6.45. The van der Waals surface area contributed by atoms with Gasteiger partial charge in [0, 0.05) is 31.3 Å². The van der Waals surface area contributed by atoms with E-state index in [2.05, 4.69) is 4.98 Å². The number of nitrogens with zero attached hydrogens (tertiary/aromatic N) is 3. The number of carboxylic acid groups (broad SMARTS) is 1. The van der Waals surface area contributed by atoms with Crippen LogP contribution in [-0.2, 0) is 16.4 Å². The van der Waals surface area contributed by atoms with Gasteiger partial charge in [-0.1, -0.05) is 12.1 Å². The maximum Gasteiger partial charge on any atom is 0.416 e. The SMILES string of the molecule is COc1ccc(-c2nc(C3(C(=O)O)CCN(C(=O)N(C)O)CC3)oc2-c2ccc(C(F)(F)F)cc2)cc1. The number of rotatable bonds is 5. The summed E-state index contributed by atoms with van der Waals surface area (Å²) in [5, 5.41) is 20.1. The molecule has 9 nitrogen and oxygen atoms in total. The number of hydrogen-bond acceptors (Lipinski definition) is 6. The van der Waals surface area contributed by atoms with Crippen LogP contribution in [0.1, 0.15) is 24.3 Å². The molecule has 2 aromatic carbocycles. The fourth-order valence-corrected chi connectivity index (χ4v) is 4.28. The number of benzene rings is 2. The number of hydroxylamine groups is 2. The summed E-state index contributed by atoms with van der Waals surface area (Å²) in [6.45, 7) is 0.0395. The van der Waals surface area contributed by atoms with Gasteiger partial charge in [0.25, 0.3) is 0 Å². The predicted octanol–water partition coefficient (Wildman–Crippen LogP) is 4.90. The number of methoxy groups -OCH3 is 1. The Morgan fingerprint density at radius 2 is 1.62 bits per heavy atom. The number of alkyl halides is 3. The first-order valence-electron chi connectivity index (χ1n) is 11.2. The van der Waals surface area contributed by atoms with Gasteiger partial charge in [-0.3, -0.25) is 10.0 Å². The minimum Gasteiger partial charge on any atom is -0.497 e. The zero-order valence-electron chi connectivity index (χ0n) is 20.0. The lowest BCUT2D eigenvalue weighted by atomic mass is 9.78. The second kappa shape index (κ2) is 9.77. The van der Waals surface area contributed by atoms with Crippen molar-refractivity contribution in [3.63, 3.8) is 0 Å². The van der Waals surface area contributed by atoms with E-state index in [0.717, 1.165) is 12.1 Å². The van der Waals surface area contributed by atoms with Crippen LogP contribution in [0.5, 0.6) is 5.75 Å². The Bertz CT molecular complexity index is 1280. The van der Waals surface area contributed by atoms with Gasteiger partial charge in [-0.15, -0.1) is 0 Å². The second-order valence-corrected chi connectivity index (χ2v) is 8.68. The number of amides is 2. The standard InChI is InChI=1S/C25H24F3N3O6/c1-30(35)23(34)31-13-11-24(12-14-31,22(32)33)21-29-19(15-5-9-18(36-2)10-6-15)20(37-21)16-3-7-17(8-4-16)25(26,27)28/h3-10,35H,11-14H2,1-2H3,(H,32,33). The van der Waals surface area contributed by atoms with E-state index in [-0.39, 0.29) is 48.8 Å². The largest absolute Gasteiger partial charge is 0.497 e. The normalized spacial score (nSPS) is 15.4. The molecule has 196 valence electrons. The summed E-state index contributed by atoms with van der Waals surface area (Å²) in [4.78, 5) is 30.5. The molecule has 1 saturated heterocycles. The maximum absolute atomic E-state index is 13.1. The molecule has 2 amide bonds. The van der Waals surface area contributed by atoms with Gasteiger partial charge < -0.3 is 19.2 Å². The van der Waals surface area contributed by atoms with Crippen molar-refractivity contribution in [2.24, 2.45) is 0 Å². The zero-order chi connectivity index (χ0) is 27.0. The van der Waals surface area contributed by atoms with E-state index in [9.17, 15) is 33.1 Å². The molecule has 3 aromatic rings. The number of piperidine rings is 1. The van der Waals surface area contributed by atoms with Crippen LogP contribution in [-0.4, -0.2) is 64.5 Å². The summed E-state index contributed by atoms with van der Waals surface area (Å²) in [7, 11) is 2.67. The highest BCUT2D eigenvalue weighted by Gasteiger charge is 2.49. The number of carbonyl (C=O) groups is 2. The topological polar surface area (TPSA) is 116 Å². The van der Waals surface area contributed by atoms with Crippen molar-refractivity contribution in [3.8, 4) is 28.3 Å². The molecule has 0 aliphatic carbocycles. The van der Waals surface area contributed by atoms with E-state index in [1.165, 1.54) is 31.2 Å². The molecule has 37 heavy (non-hydrogen) atoms. The van der Waals surface area contributed by atoms with E-state index in [1.54, 1.807) is 24.3 Å². The highest BCUT2D eigenvalue weighted by Crippen LogP contribution is 2.42. The number of aromatic nitrogens is 1. The van der Waals surface area contributed by atoms with Crippen molar-refractivity contribution in [2.45, 2.75) is 24.4 Å².